The van der Waals surface area contributed by atoms with Crippen molar-refractivity contribution < 1.29 is 28.7 Å². The number of aliphatic carboxylic acids is 1. The fraction of sp³-hybridized carbons (Fsp3) is 0.333. The summed E-state index contributed by atoms with van der Waals surface area (Å²) in [6.07, 6.45) is 0.160. The number of carboxylic acids is 1. The maximum Gasteiger partial charge on any atom is 0.333 e. The van der Waals surface area contributed by atoms with Crippen LogP contribution in [-0.2, 0) is 20.8 Å². The largest absolute Gasteiger partial charge is 0.487 e. The van der Waals surface area contributed by atoms with Crippen LogP contribution in [0.15, 0.2) is 58.2 Å². The first-order chi connectivity index (χ1) is 16.5. The molecule has 0 radical (unpaired) electrons. The first-order valence-electron chi connectivity index (χ1n) is 10.8. The predicted molar refractivity (Wildman–Crippen MR) is 126 cm³/mol. The number of hydrogen-bond acceptors (Lipinski definition) is 8. The van der Waals surface area contributed by atoms with Crippen LogP contribution in [-0.4, -0.2) is 52.9 Å². The number of nitrogens with zero attached hydrogens (tertiary/aromatic N) is 3. The Bertz CT molecular complexity index is 1080. The van der Waals surface area contributed by atoms with Gasteiger partial charge in [0.1, 0.15) is 19.0 Å². The summed E-state index contributed by atoms with van der Waals surface area (Å²) in [7, 11) is 0. The molecule has 3 aromatic rings. The van der Waals surface area contributed by atoms with Crippen LogP contribution in [0.25, 0.3) is 11.4 Å². The van der Waals surface area contributed by atoms with Gasteiger partial charge in [-0.25, -0.2) is 4.79 Å². The molecule has 0 saturated carbocycles. The van der Waals surface area contributed by atoms with E-state index in [4.69, 9.17) is 30.4 Å². The van der Waals surface area contributed by atoms with Gasteiger partial charge in [0, 0.05) is 23.6 Å². The van der Waals surface area contributed by atoms with Gasteiger partial charge >= 0.3 is 5.97 Å². The minimum absolute atomic E-state index is 0.0298. The van der Waals surface area contributed by atoms with E-state index in [0.29, 0.717) is 35.5 Å². The van der Waals surface area contributed by atoms with Gasteiger partial charge < -0.3 is 23.9 Å². The van der Waals surface area contributed by atoms with E-state index in [9.17, 15) is 9.90 Å². The lowest BCUT2D eigenvalue weighted by Gasteiger charge is -2.13. The number of benzene rings is 2. The van der Waals surface area contributed by atoms with Crippen molar-refractivity contribution in [3.8, 4) is 17.1 Å². The molecule has 1 heterocycles. The molecule has 0 bridgehead atoms. The molecule has 1 N–H and O–H groups in total. The molecule has 3 rings (SSSR count). The Balaban J connectivity index is 1.68. The van der Waals surface area contributed by atoms with Crippen molar-refractivity contribution in [2.24, 2.45) is 5.16 Å². The molecule has 10 heteroatoms. The Hall–Kier alpha value is -3.43. The van der Waals surface area contributed by atoms with E-state index in [2.05, 4.69) is 15.3 Å². The lowest BCUT2D eigenvalue weighted by atomic mass is 10.1. The first kappa shape index (κ1) is 25.2. The minimum Gasteiger partial charge on any atom is -0.487 e. The third-order valence-corrected chi connectivity index (χ3v) is 4.86. The summed E-state index contributed by atoms with van der Waals surface area (Å²) in [4.78, 5) is 21.0. The van der Waals surface area contributed by atoms with Crippen LogP contribution in [0.1, 0.15) is 31.7 Å². The van der Waals surface area contributed by atoms with Crippen LogP contribution in [0.2, 0.25) is 5.02 Å². The number of ether oxygens (including phenoxy) is 2. The zero-order valence-electron chi connectivity index (χ0n) is 18.9. The van der Waals surface area contributed by atoms with Crippen molar-refractivity contribution in [2.75, 3.05) is 19.8 Å². The smallest absolute Gasteiger partial charge is 0.333 e. The van der Waals surface area contributed by atoms with Gasteiger partial charge in [-0.15, -0.1) is 0 Å². The van der Waals surface area contributed by atoms with E-state index in [-0.39, 0.29) is 18.9 Å². The van der Waals surface area contributed by atoms with Crippen molar-refractivity contribution in [1.29, 1.82) is 0 Å². The number of hydrogen-bond donors (Lipinski definition) is 1. The van der Waals surface area contributed by atoms with Crippen molar-refractivity contribution in [2.45, 2.75) is 32.8 Å². The number of aromatic nitrogens is 2. The monoisotopic (exact) mass is 487 g/mol. The van der Waals surface area contributed by atoms with Crippen LogP contribution in [0.4, 0.5) is 0 Å². The van der Waals surface area contributed by atoms with Gasteiger partial charge in [-0.05, 0) is 55.3 Å². The Morgan fingerprint density at radius 1 is 1.15 bits per heavy atom. The molecule has 2 aromatic carbocycles. The van der Waals surface area contributed by atoms with Gasteiger partial charge in [-0.3, -0.25) is 0 Å². The maximum atomic E-state index is 11.3. The lowest BCUT2D eigenvalue weighted by molar-refractivity contribution is -0.149. The molecule has 0 spiro atoms. The SMILES string of the molecule is CCCON=C(COc1ccc(CC(OCC)C(=O)O)cc1)c1nc(-c2ccc(Cl)cc2)no1. The standard InChI is InChI=1S/C24H26ClN3O6/c1-3-13-33-27-20(23-26-22(28-34-23)17-7-9-18(25)10-8-17)15-32-19-11-5-16(6-12-19)14-21(24(29)30)31-4-2/h5-12,21H,3-4,13-15H2,1-2H3,(H,29,30). The van der Waals surface area contributed by atoms with E-state index < -0.39 is 12.1 Å². The number of carboxylic acid groups (broad SMARTS) is 1. The molecule has 180 valence electrons. The molecule has 1 atom stereocenters. The zero-order valence-corrected chi connectivity index (χ0v) is 19.7. The summed E-state index contributed by atoms with van der Waals surface area (Å²) in [5.41, 5.74) is 1.90. The average Bonchev–Trinajstić information content (AvgIpc) is 3.32. The molecule has 1 aromatic heterocycles. The second-order valence-corrected chi connectivity index (χ2v) is 7.66. The molecule has 0 aliphatic rings. The van der Waals surface area contributed by atoms with Crippen molar-refractivity contribution in [3.63, 3.8) is 0 Å². The highest BCUT2D eigenvalue weighted by atomic mass is 35.5. The summed E-state index contributed by atoms with van der Waals surface area (Å²) in [5, 5.41) is 18.0. The van der Waals surface area contributed by atoms with Gasteiger partial charge in [0.05, 0.1) is 0 Å². The number of oxime groups is 1. The van der Waals surface area contributed by atoms with E-state index >= 15 is 0 Å². The quantitative estimate of drug-likeness (QED) is 0.211. The van der Waals surface area contributed by atoms with Gasteiger partial charge in [0.25, 0.3) is 5.89 Å². The van der Waals surface area contributed by atoms with Gasteiger partial charge in [0.15, 0.2) is 11.8 Å². The summed E-state index contributed by atoms with van der Waals surface area (Å²) in [6, 6.07) is 14.1. The van der Waals surface area contributed by atoms with E-state index in [1.807, 2.05) is 6.92 Å². The average molecular weight is 488 g/mol. The molecule has 0 aliphatic carbocycles. The summed E-state index contributed by atoms with van der Waals surface area (Å²) >= 11 is 5.94. The topological polar surface area (TPSA) is 116 Å². The summed E-state index contributed by atoms with van der Waals surface area (Å²) in [6.45, 7) is 4.52. The second-order valence-electron chi connectivity index (χ2n) is 7.22. The highest BCUT2D eigenvalue weighted by Crippen LogP contribution is 2.20. The van der Waals surface area contributed by atoms with Gasteiger partial charge in [-0.1, -0.05) is 41.0 Å². The van der Waals surface area contributed by atoms with Gasteiger partial charge in [-0.2, -0.15) is 4.98 Å². The lowest BCUT2D eigenvalue weighted by Crippen LogP contribution is -2.26. The highest BCUT2D eigenvalue weighted by Gasteiger charge is 2.19. The molecular formula is C24H26ClN3O6. The fourth-order valence-electron chi connectivity index (χ4n) is 2.91. The highest BCUT2D eigenvalue weighted by molar-refractivity contribution is 6.30. The summed E-state index contributed by atoms with van der Waals surface area (Å²) in [5.74, 6) is 0.139. The van der Waals surface area contributed by atoms with Crippen LogP contribution in [0.3, 0.4) is 0 Å². The number of halogens is 1. The molecule has 9 nitrogen and oxygen atoms in total. The first-order valence-corrected chi connectivity index (χ1v) is 11.2. The second kappa shape index (κ2) is 12.7. The van der Waals surface area contributed by atoms with E-state index in [1.54, 1.807) is 55.5 Å². The number of rotatable bonds is 13. The Kier molecular flexibility index (Phi) is 9.42. The molecular weight excluding hydrogens is 462 g/mol. The Morgan fingerprint density at radius 3 is 2.53 bits per heavy atom. The third kappa shape index (κ3) is 7.29. The van der Waals surface area contributed by atoms with E-state index in [0.717, 1.165) is 17.5 Å². The fourth-order valence-corrected chi connectivity index (χ4v) is 3.03. The van der Waals surface area contributed by atoms with Gasteiger partial charge in [0.2, 0.25) is 5.82 Å². The van der Waals surface area contributed by atoms with E-state index in [1.165, 1.54) is 0 Å². The molecule has 34 heavy (non-hydrogen) atoms. The van der Waals surface area contributed by atoms with Crippen molar-refractivity contribution >= 4 is 23.3 Å². The van der Waals surface area contributed by atoms with Crippen LogP contribution < -0.4 is 4.74 Å². The molecule has 0 saturated heterocycles. The molecule has 0 amide bonds. The van der Waals surface area contributed by atoms with Crippen LogP contribution >= 0.6 is 11.6 Å². The molecule has 0 fully saturated rings. The summed E-state index contributed by atoms with van der Waals surface area (Å²) < 4.78 is 16.5. The maximum absolute atomic E-state index is 11.3. The van der Waals surface area contributed by atoms with Crippen molar-refractivity contribution in [1.82, 2.24) is 10.1 Å². The third-order valence-electron chi connectivity index (χ3n) is 4.61. The van der Waals surface area contributed by atoms with Crippen LogP contribution in [0.5, 0.6) is 5.75 Å². The Labute approximate surface area is 202 Å². The predicted octanol–water partition coefficient (Wildman–Crippen LogP) is 4.63. The minimum atomic E-state index is -0.993. The normalized spacial score (nSPS) is 12.4. The molecule has 0 aliphatic heterocycles. The van der Waals surface area contributed by atoms with Crippen molar-refractivity contribution in [3.05, 3.63) is 65.0 Å². The number of carbonyl (C=O) groups is 1. The molecule has 1 unspecified atom stereocenters. The van der Waals surface area contributed by atoms with Crippen LogP contribution in [0, 0.1) is 0 Å². The zero-order chi connectivity index (χ0) is 24.3. The Morgan fingerprint density at radius 2 is 1.88 bits per heavy atom.